The van der Waals surface area contributed by atoms with Gasteiger partial charge in [0, 0.05) is 0 Å². The summed E-state index contributed by atoms with van der Waals surface area (Å²) in [4.78, 5) is 17.0. The fraction of sp³-hybridized carbons (Fsp3) is 1.00. The van der Waals surface area contributed by atoms with Crippen LogP contribution in [0.4, 0.5) is 0 Å². The van der Waals surface area contributed by atoms with Gasteiger partial charge in [-0.15, -0.1) is 0 Å². The molecule has 0 radical (unpaired) electrons. The standard InChI is InChI=1S/C16H35O4P.K.H/c1-2-3-4-5-6-7-8-9-10-11-12-13-14-15-16-20-21(17,18)19;;/h2-16H2,1H3,(H2,17,18,19);;/q;+1;-1. The Balaban J connectivity index is -0.00000200. The number of rotatable bonds is 16. The molecule has 0 saturated heterocycles. The van der Waals surface area contributed by atoms with Gasteiger partial charge >= 0.3 is 59.2 Å². The minimum atomic E-state index is -4.25. The Labute approximate surface area is 181 Å². The monoisotopic (exact) mass is 362 g/mol. The Morgan fingerprint density at radius 3 is 1.36 bits per heavy atom. The molecule has 2 N–H and O–H groups in total. The van der Waals surface area contributed by atoms with Gasteiger partial charge in [0.15, 0.2) is 0 Å². The molecule has 0 bridgehead atoms. The zero-order valence-electron chi connectivity index (χ0n) is 15.8. The van der Waals surface area contributed by atoms with Crippen molar-refractivity contribution in [2.45, 2.75) is 96.8 Å². The summed E-state index contributed by atoms with van der Waals surface area (Å²) in [5.41, 5.74) is 0. The minimum absolute atomic E-state index is 0. The van der Waals surface area contributed by atoms with Crippen molar-refractivity contribution in [2.24, 2.45) is 0 Å². The van der Waals surface area contributed by atoms with Crippen LogP contribution >= 0.6 is 7.82 Å². The van der Waals surface area contributed by atoms with Gasteiger partial charge < -0.3 is 11.2 Å². The third-order valence-corrected chi connectivity index (χ3v) is 4.28. The quantitative estimate of drug-likeness (QED) is 0.252. The second-order valence-corrected chi connectivity index (χ2v) is 7.16. The van der Waals surface area contributed by atoms with Crippen molar-refractivity contribution in [3.8, 4) is 0 Å². The fourth-order valence-corrected chi connectivity index (χ4v) is 2.85. The van der Waals surface area contributed by atoms with Crippen LogP contribution in [0.1, 0.15) is 98.2 Å². The number of phosphoric ester groups is 1. The van der Waals surface area contributed by atoms with E-state index in [4.69, 9.17) is 9.79 Å². The molecule has 0 rings (SSSR count). The van der Waals surface area contributed by atoms with Gasteiger partial charge in [0.2, 0.25) is 0 Å². The third kappa shape index (κ3) is 24.0. The average molecular weight is 363 g/mol. The van der Waals surface area contributed by atoms with Crippen LogP contribution in [-0.2, 0) is 9.09 Å². The van der Waals surface area contributed by atoms with Gasteiger partial charge in [-0.2, -0.15) is 0 Å². The number of unbranched alkanes of at least 4 members (excludes halogenated alkanes) is 13. The van der Waals surface area contributed by atoms with E-state index < -0.39 is 7.82 Å². The van der Waals surface area contributed by atoms with Gasteiger partial charge in [0.1, 0.15) is 0 Å². The summed E-state index contributed by atoms with van der Waals surface area (Å²) >= 11 is 0. The summed E-state index contributed by atoms with van der Waals surface area (Å²) in [6, 6.07) is 0. The number of hydrogen-bond donors (Lipinski definition) is 2. The maximum Gasteiger partial charge on any atom is 1.00 e. The molecule has 6 heteroatoms. The molecule has 0 aromatic carbocycles. The SMILES string of the molecule is CCCCCCCCCCCCCCCCOP(=O)(O)O.[H-].[K+]. The predicted octanol–water partition coefficient (Wildman–Crippen LogP) is 2.69. The molecule has 0 aliphatic carbocycles. The van der Waals surface area contributed by atoms with Crippen LogP contribution in [0.25, 0.3) is 0 Å². The van der Waals surface area contributed by atoms with Crippen molar-refractivity contribution >= 4 is 7.82 Å². The summed E-state index contributed by atoms with van der Waals surface area (Å²) in [5.74, 6) is 0. The third-order valence-electron chi connectivity index (χ3n) is 3.76. The van der Waals surface area contributed by atoms with Crippen molar-refractivity contribution < 1.29 is 71.7 Å². The molecule has 0 saturated carbocycles. The molecule has 0 amide bonds. The smallest absolute Gasteiger partial charge is 1.00 e. The Morgan fingerprint density at radius 1 is 0.727 bits per heavy atom. The molecule has 0 fully saturated rings. The second kappa shape index (κ2) is 19.1. The Morgan fingerprint density at radius 2 is 1.05 bits per heavy atom. The average Bonchev–Trinajstić information content (AvgIpc) is 2.42. The molecule has 0 unspecified atom stereocenters. The molecule has 0 atom stereocenters. The van der Waals surface area contributed by atoms with E-state index in [1.54, 1.807) is 0 Å². The maximum absolute atomic E-state index is 10.4. The van der Waals surface area contributed by atoms with Gasteiger partial charge in [0.05, 0.1) is 6.61 Å². The molecule has 0 aliphatic heterocycles. The van der Waals surface area contributed by atoms with Crippen LogP contribution < -0.4 is 51.4 Å². The Bertz CT molecular complexity index is 264. The van der Waals surface area contributed by atoms with E-state index in [0.717, 1.165) is 19.3 Å². The summed E-state index contributed by atoms with van der Waals surface area (Å²) in [5, 5.41) is 0. The second-order valence-electron chi connectivity index (χ2n) is 5.92. The van der Waals surface area contributed by atoms with Gasteiger partial charge in [-0.3, -0.25) is 4.52 Å². The molecule has 0 aliphatic rings. The molecular formula is C16H36KO4P. The van der Waals surface area contributed by atoms with E-state index in [-0.39, 0.29) is 59.4 Å². The van der Waals surface area contributed by atoms with E-state index in [2.05, 4.69) is 11.4 Å². The van der Waals surface area contributed by atoms with Crippen LogP contribution in [0.3, 0.4) is 0 Å². The molecule has 4 nitrogen and oxygen atoms in total. The predicted molar refractivity (Wildman–Crippen MR) is 89.4 cm³/mol. The van der Waals surface area contributed by atoms with Crippen molar-refractivity contribution in [3.05, 3.63) is 0 Å². The zero-order valence-corrected chi connectivity index (χ0v) is 18.8. The topological polar surface area (TPSA) is 66.8 Å². The van der Waals surface area contributed by atoms with E-state index in [1.165, 1.54) is 70.6 Å². The molecule has 0 heterocycles. The summed E-state index contributed by atoms with van der Waals surface area (Å²) in [6.45, 7) is 2.42. The maximum atomic E-state index is 10.4. The fourth-order valence-electron chi connectivity index (χ4n) is 2.48. The largest absolute Gasteiger partial charge is 1.00 e. The van der Waals surface area contributed by atoms with Crippen LogP contribution in [0.15, 0.2) is 0 Å². The number of hydrogen-bond acceptors (Lipinski definition) is 2. The summed E-state index contributed by atoms with van der Waals surface area (Å²) < 4.78 is 14.8. The van der Waals surface area contributed by atoms with Crippen molar-refractivity contribution in [2.75, 3.05) is 6.61 Å². The Hall–Kier alpha value is 1.75. The number of phosphoric acid groups is 1. The first-order valence-electron chi connectivity index (χ1n) is 8.76. The van der Waals surface area contributed by atoms with Gasteiger partial charge in [-0.1, -0.05) is 90.4 Å². The first-order valence-corrected chi connectivity index (χ1v) is 10.3. The van der Waals surface area contributed by atoms with Crippen LogP contribution in [0.5, 0.6) is 0 Å². The van der Waals surface area contributed by atoms with Crippen molar-refractivity contribution in [1.82, 2.24) is 0 Å². The van der Waals surface area contributed by atoms with Gasteiger partial charge in [-0.25, -0.2) is 4.57 Å². The summed E-state index contributed by atoms with van der Waals surface area (Å²) in [7, 11) is -4.25. The van der Waals surface area contributed by atoms with E-state index in [9.17, 15) is 4.57 Å². The first kappa shape index (κ1) is 26.0. The zero-order chi connectivity index (χ0) is 15.8. The Kier molecular flexibility index (Phi) is 22.5. The van der Waals surface area contributed by atoms with Crippen molar-refractivity contribution in [1.29, 1.82) is 0 Å². The minimum Gasteiger partial charge on any atom is -1.00 e. The van der Waals surface area contributed by atoms with Crippen LogP contribution in [0.2, 0.25) is 0 Å². The van der Waals surface area contributed by atoms with Gasteiger partial charge in [0.25, 0.3) is 0 Å². The van der Waals surface area contributed by atoms with Crippen LogP contribution in [0, 0.1) is 0 Å². The van der Waals surface area contributed by atoms with Gasteiger partial charge in [-0.05, 0) is 6.42 Å². The molecule has 130 valence electrons. The van der Waals surface area contributed by atoms with E-state index in [1.807, 2.05) is 0 Å². The molecule has 0 aromatic heterocycles. The normalized spacial score (nSPS) is 11.4. The molecule has 0 spiro atoms. The van der Waals surface area contributed by atoms with Crippen molar-refractivity contribution in [3.63, 3.8) is 0 Å². The van der Waals surface area contributed by atoms with E-state index in [0.29, 0.717) is 0 Å². The molecule has 0 aromatic rings. The molecular weight excluding hydrogens is 326 g/mol. The first-order chi connectivity index (χ1) is 10.1. The molecule has 22 heavy (non-hydrogen) atoms. The summed E-state index contributed by atoms with van der Waals surface area (Å²) in [6.07, 6.45) is 17.8. The van der Waals surface area contributed by atoms with E-state index >= 15 is 0 Å². The van der Waals surface area contributed by atoms with Crippen LogP contribution in [-0.4, -0.2) is 16.4 Å².